The van der Waals surface area contributed by atoms with Gasteiger partial charge in [-0.1, -0.05) is 52.7 Å². The Morgan fingerprint density at radius 2 is 1.60 bits per heavy atom. The quantitative estimate of drug-likeness (QED) is 0.147. The molecule has 4 rings (SSSR count). The lowest BCUT2D eigenvalue weighted by Gasteiger charge is -2.64. The van der Waals surface area contributed by atoms with Crippen molar-refractivity contribution >= 4 is 11.9 Å². The minimum absolute atomic E-state index is 0.100. The van der Waals surface area contributed by atoms with Crippen LogP contribution in [0.1, 0.15) is 127 Å². The summed E-state index contributed by atoms with van der Waals surface area (Å²) in [5.74, 6) is -1.34. The molecular weight excluding hydrogens is 576 g/mol. The molecule has 0 unspecified atom stereocenters. The summed E-state index contributed by atoms with van der Waals surface area (Å²) in [6, 6.07) is 0. The maximum Gasteiger partial charge on any atom is 0.309 e. The zero-order valence-electron chi connectivity index (χ0n) is 29.0. The predicted molar refractivity (Wildman–Crippen MR) is 170 cm³/mol. The maximum absolute atomic E-state index is 13.0. The van der Waals surface area contributed by atoms with Gasteiger partial charge in [-0.3, -0.25) is 9.59 Å². The topological polar surface area (TPSA) is 165 Å². The number of aliphatic carboxylic acids is 1. The summed E-state index contributed by atoms with van der Waals surface area (Å²) < 4.78 is 5.86. The first-order valence-corrected chi connectivity index (χ1v) is 17.0. The molecule has 2 saturated carbocycles. The maximum atomic E-state index is 13.0. The summed E-state index contributed by atoms with van der Waals surface area (Å²) in [7, 11) is 0. The molecule has 0 aromatic carbocycles. The number of esters is 1. The van der Waals surface area contributed by atoms with Crippen molar-refractivity contribution in [1.82, 2.24) is 0 Å². The molecule has 2 fully saturated rings. The van der Waals surface area contributed by atoms with E-state index in [9.17, 15) is 35.1 Å². The van der Waals surface area contributed by atoms with Crippen LogP contribution in [-0.2, 0) is 14.3 Å². The molecule has 9 nitrogen and oxygen atoms in total. The molecule has 0 spiro atoms. The molecule has 11 atom stereocenters. The number of carbonyl (C=O) groups is 2. The summed E-state index contributed by atoms with van der Waals surface area (Å²) in [6.07, 6.45) is 1.63. The fourth-order valence-corrected chi connectivity index (χ4v) is 10.7. The van der Waals surface area contributed by atoms with Crippen LogP contribution in [0.3, 0.4) is 0 Å². The second-order valence-electron chi connectivity index (χ2n) is 17.4. The summed E-state index contributed by atoms with van der Waals surface area (Å²) in [5, 5.41) is 64.0. The summed E-state index contributed by atoms with van der Waals surface area (Å²) in [4.78, 5) is 24.2. The molecule has 0 saturated heterocycles. The standard InChI is InChI=1S/C36H60O9/c1-20(10-13-26(37)32(4,5)43)21-14-15-35(8)22-11-12-25-31(2,3)30(42)24(45-29(41)19-33(6,44)18-28(39)40)17-34(25,7)23(22)16-27(38)36(21,35)9/h20-21,24-27,30,37-38,42-44H,10-19H2,1-9H3,(H,39,40)/t20-,21-,24-,25-,26+,27+,30-,33+,34+,35-,36-/m0/s1. The third-order valence-electron chi connectivity index (χ3n) is 13.6. The summed E-state index contributed by atoms with van der Waals surface area (Å²) >= 11 is 0. The van der Waals surface area contributed by atoms with Crippen LogP contribution >= 0.6 is 0 Å². The normalized spacial score (nSPS) is 40.4. The Kier molecular flexibility index (Phi) is 9.58. The number of hydrogen-bond donors (Lipinski definition) is 6. The molecule has 6 N–H and O–H groups in total. The number of allylic oxidation sites excluding steroid dienone is 1. The number of rotatable bonds is 10. The molecule has 0 aliphatic heterocycles. The van der Waals surface area contributed by atoms with Gasteiger partial charge in [0.2, 0.25) is 0 Å². The highest BCUT2D eigenvalue weighted by Crippen LogP contribution is 2.72. The Hall–Kier alpha value is -1.52. The van der Waals surface area contributed by atoms with E-state index in [0.717, 1.165) is 32.1 Å². The van der Waals surface area contributed by atoms with E-state index in [2.05, 4.69) is 27.7 Å². The predicted octanol–water partition coefficient (Wildman–Crippen LogP) is 4.75. The van der Waals surface area contributed by atoms with Gasteiger partial charge in [0.15, 0.2) is 0 Å². The van der Waals surface area contributed by atoms with E-state index < -0.39 is 71.2 Å². The zero-order valence-corrected chi connectivity index (χ0v) is 29.0. The van der Waals surface area contributed by atoms with Gasteiger partial charge in [0.25, 0.3) is 0 Å². The van der Waals surface area contributed by atoms with Crippen LogP contribution in [0.15, 0.2) is 11.1 Å². The number of carboxylic acids is 1. The van der Waals surface area contributed by atoms with E-state index in [1.54, 1.807) is 13.8 Å². The van der Waals surface area contributed by atoms with Crippen LogP contribution in [0.2, 0.25) is 0 Å². The van der Waals surface area contributed by atoms with Gasteiger partial charge >= 0.3 is 11.9 Å². The first kappa shape index (κ1) is 36.3. The lowest BCUT2D eigenvalue weighted by atomic mass is 9.42. The van der Waals surface area contributed by atoms with Gasteiger partial charge in [-0.2, -0.15) is 0 Å². The largest absolute Gasteiger partial charge is 0.481 e. The zero-order chi connectivity index (χ0) is 34.1. The fraction of sp³-hybridized carbons (Fsp3) is 0.889. The molecule has 9 heteroatoms. The number of carboxylic acid groups (broad SMARTS) is 1. The minimum atomic E-state index is -1.76. The van der Waals surface area contributed by atoms with Gasteiger partial charge in [-0.15, -0.1) is 0 Å². The number of carbonyl (C=O) groups excluding carboxylic acids is 1. The van der Waals surface area contributed by atoms with Crippen molar-refractivity contribution in [2.45, 2.75) is 162 Å². The number of hydrogen-bond acceptors (Lipinski definition) is 8. The third-order valence-corrected chi connectivity index (χ3v) is 13.6. The van der Waals surface area contributed by atoms with E-state index in [4.69, 9.17) is 9.84 Å². The van der Waals surface area contributed by atoms with Crippen molar-refractivity contribution in [3.63, 3.8) is 0 Å². The molecule has 45 heavy (non-hydrogen) atoms. The van der Waals surface area contributed by atoms with Crippen LogP contribution in [0.25, 0.3) is 0 Å². The van der Waals surface area contributed by atoms with Gasteiger partial charge < -0.3 is 35.4 Å². The van der Waals surface area contributed by atoms with Crippen molar-refractivity contribution in [3.8, 4) is 0 Å². The monoisotopic (exact) mass is 636 g/mol. The molecule has 0 aromatic rings. The van der Waals surface area contributed by atoms with Gasteiger partial charge in [0.1, 0.15) is 6.10 Å². The molecule has 258 valence electrons. The van der Waals surface area contributed by atoms with Gasteiger partial charge in [0, 0.05) is 5.41 Å². The number of fused-ring (bicyclic) bond motifs is 4. The van der Waals surface area contributed by atoms with Crippen molar-refractivity contribution in [2.75, 3.05) is 0 Å². The highest BCUT2D eigenvalue weighted by atomic mass is 16.6. The fourth-order valence-electron chi connectivity index (χ4n) is 10.7. The lowest BCUT2D eigenvalue weighted by molar-refractivity contribution is -0.193. The highest BCUT2D eigenvalue weighted by molar-refractivity contribution is 5.74. The Labute approximate surface area is 269 Å². The van der Waals surface area contributed by atoms with Gasteiger partial charge in [-0.25, -0.2) is 0 Å². The van der Waals surface area contributed by atoms with Crippen LogP contribution < -0.4 is 0 Å². The van der Waals surface area contributed by atoms with Gasteiger partial charge in [-0.05, 0) is 106 Å². The molecule has 4 aliphatic rings. The van der Waals surface area contributed by atoms with E-state index in [1.165, 1.54) is 18.1 Å². The lowest BCUT2D eigenvalue weighted by Crippen LogP contribution is -2.62. The van der Waals surface area contributed by atoms with Crippen molar-refractivity contribution < 1.29 is 45.0 Å². The van der Waals surface area contributed by atoms with Crippen LogP contribution in [0.5, 0.6) is 0 Å². The third kappa shape index (κ3) is 6.14. The summed E-state index contributed by atoms with van der Waals surface area (Å²) in [5.41, 5.74) is -1.91. The molecule has 0 amide bonds. The number of aliphatic hydroxyl groups excluding tert-OH is 3. The van der Waals surface area contributed by atoms with Crippen LogP contribution in [-0.4, -0.2) is 78.2 Å². The smallest absolute Gasteiger partial charge is 0.309 e. The average molecular weight is 637 g/mol. The molecule has 0 aromatic heterocycles. The van der Waals surface area contributed by atoms with E-state index in [0.29, 0.717) is 19.3 Å². The molecule has 0 radical (unpaired) electrons. The number of aliphatic hydroxyl groups is 5. The molecule has 0 heterocycles. The van der Waals surface area contributed by atoms with Gasteiger partial charge in [0.05, 0.1) is 42.4 Å². The highest BCUT2D eigenvalue weighted by Gasteiger charge is 2.67. The first-order chi connectivity index (χ1) is 20.4. The SMILES string of the molecule is C[C@@H](CC[C@@H](O)C(C)(C)O)[C@@H]1CC[C@@]2(C)C3=C(C[C@@H](O)[C@]12C)[C@@]1(C)C[C@H](OC(=O)C[C@](C)(O)CC(=O)O)[C@H](O)C(C)(C)[C@@H]1CC3. The van der Waals surface area contributed by atoms with Crippen molar-refractivity contribution in [3.05, 3.63) is 11.1 Å². The second kappa shape index (κ2) is 11.9. The van der Waals surface area contributed by atoms with E-state index in [-0.39, 0.29) is 28.6 Å². The van der Waals surface area contributed by atoms with Crippen LogP contribution in [0, 0.1) is 39.4 Å². The Bertz CT molecular complexity index is 1180. The minimum Gasteiger partial charge on any atom is -0.481 e. The molecule has 0 bridgehead atoms. The Morgan fingerprint density at radius 3 is 2.18 bits per heavy atom. The van der Waals surface area contributed by atoms with Crippen molar-refractivity contribution in [1.29, 1.82) is 0 Å². The second-order valence-corrected chi connectivity index (χ2v) is 17.4. The van der Waals surface area contributed by atoms with Crippen LogP contribution in [0.4, 0.5) is 0 Å². The first-order valence-electron chi connectivity index (χ1n) is 17.0. The van der Waals surface area contributed by atoms with E-state index in [1.807, 2.05) is 13.8 Å². The average Bonchev–Trinajstić information content (AvgIpc) is 3.17. The molecular formula is C36H60O9. The Morgan fingerprint density at radius 1 is 0.978 bits per heavy atom. The molecule has 4 aliphatic carbocycles. The van der Waals surface area contributed by atoms with E-state index >= 15 is 0 Å². The Balaban J connectivity index is 1.64. The summed E-state index contributed by atoms with van der Waals surface area (Å²) in [6.45, 7) is 17.6. The number of ether oxygens (including phenoxy) is 1. The van der Waals surface area contributed by atoms with Crippen molar-refractivity contribution in [2.24, 2.45) is 39.4 Å².